The van der Waals surface area contributed by atoms with Crippen LogP contribution in [0.15, 0.2) is 43.1 Å². The molecular formula is C17H17N3O2. The number of aryl methyl sites for hydroxylation is 3. The van der Waals surface area contributed by atoms with E-state index >= 15 is 0 Å². The minimum atomic E-state index is -0.488. The second kappa shape index (κ2) is 5.18. The van der Waals surface area contributed by atoms with Crippen LogP contribution in [0.4, 0.5) is 0 Å². The van der Waals surface area contributed by atoms with Gasteiger partial charge in [0.2, 0.25) is 0 Å². The molecule has 2 heterocycles. The highest BCUT2D eigenvalue weighted by atomic mass is 16.5. The first-order chi connectivity index (χ1) is 10.5. The Balaban J connectivity index is 2.27. The largest absolute Gasteiger partial charge is 0.419 e. The molecule has 0 aliphatic carbocycles. The number of esters is 1. The summed E-state index contributed by atoms with van der Waals surface area (Å²) in [6.45, 7) is 5.26. The number of benzene rings is 1. The molecule has 3 rings (SSSR count). The molecule has 5 heteroatoms. The summed E-state index contributed by atoms with van der Waals surface area (Å²) < 4.78 is 9.20. The molecule has 0 saturated carbocycles. The average molecular weight is 295 g/mol. The third-order valence-corrected chi connectivity index (χ3v) is 3.69. The van der Waals surface area contributed by atoms with Crippen LogP contribution in [0.3, 0.4) is 0 Å². The molecule has 22 heavy (non-hydrogen) atoms. The molecule has 0 aliphatic rings. The van der Waals surface area contributed by atoms with Gasteiger partial charge in [-0.05, 0) is 13.0 Å². The maximum atomic E-state index is 11.6. The summed E-state index contributed by atoms with van der Waals surface area (Å²) >= 11 is 0. The maximum Gasteiger partial charge on any atom is 0.335 e. The minimum Gasteiger partial charge on any atom is -0.419 e. The van der Waals surface area contributed by atoms with Gasteiger partial charge in [-0.25, -0.2) is 4.79 Å². The van der Waals surface area contributed by atoms with Gasteiger partial charge in [0, 0.05) is 42.8 Å². The van der Waals surface area contributed by atoms with E-state index in [0.717, 1.165) is 28.2 Å². The lowest BCUT2D eigenvalue weighted by Crippen LogP contribution is -2.04. The van der Waals surface area contributed by atoms with E-state index < -0.39 is 5.97 Å². The van der Waals surface area contributed by atoms with Gasteiger partial charge in [-0.3, -0.25) is 4.68 Å². The zero-order valence-electron chi connectivity index (χ0n) is 12.8. The number of ether oxygens (including phenoxy) is 1. The molecular weight excluding hydrogens is 278 g/mol. The molecule has 0 unspecified atom stereocenters. The molecule has 0 amide bonds. The lowest BCUT2D eigenvalue weighted by atomic mass is 10.1. The normalized spacial score (nSPS) is 10.9. The smallest absolute Gasteiger partial charge is 0.335 e. The molecule has 112 valence electrons. The van der Waals surface area contributed by atoms with Crippen molar-refractivity contribution in [1.82, 2.24) is 14.3 Å². The molecule has 0 fully saturated rings. The molecule has 0 N–H and O–H groups in total. The van der Waals surface area contributed by atoms with E-state index in [1.54, 1.807) is 4.68 Å². The second-order valence-electron chi connectivity index (χ2n) is 5.18. The minimum absolute atomic E-state index is 0.476. The molecule has 2 aromatic heterocycles. The quantitative estimate of drug-likeness (QED) is 0.551. The zero-order chi connectivity index (χ0) is 15.9. The van der Waals surface area contributed by atoms with Gasteiger partial charge in [-0.2, -0.15) is 5.10 Å². The molecule has 0 atom stereocenters. The van der Waals surface area contributed by atoms with Crippen LogP contribution in [0.2, 0.25) is 0 Å². The molecule has 0 aliphatic heterocycles. The highest BCUT2D eigenvalue weighted by Crippen LogP contribution is 2.37. The van der Waals surface area contributed by atoms with Gasteiger partial charge in [0.1, 0.15) is 11.4 Å². The topological polar surface area (TPSA) is 49.0 Å². The summed E-state index contributed by atoms with van der Waals surface area (Å²) in [4.78, 5) is 11.6. The van der Waals surface area contributed by atoms with E-state index in [1.807, 2.05) is 50.0 Å². The van der Waals surface area contributed by atoms with Crippen LogP contribution in [0.1, 0.15) is 5.69 Å². The van der Waals surface area contributed by atoms with Gasteiger partial charge in [0.25, 0.3) is 0 Å². The van der Waals surface area contributed by atoms with E-state index in [-0.39, 0.29) is 0 Å². The Bertz CT molecular complexity index is 887. The summed E-state index contributed by atoms with van der Waals surface area (Å²) in [5.41, 5.74) is 3.54. The van der Waals surface area contributed by atoms with Crippen LogP contribution < -0.4 is 4.74 Å². The Kier molecular flexibility index (Phi) is 3.33. The number of hydrogen-bond acceptors (Lipinski definition) is 3. The van der Waals surface area contributed by atoms with Gasteiger partial charge in [0.05, 0.1) is 0 Å². The van der Waals surface area contributed by atoms with Crippen LogP contribution in [0.25, 0.3) is 22.2 Å². The van der Waals surface area contributed by atoms with Crippen LogP contribution in [0, 0.1) is 6.92 Å². The standard InChI is InChI=1S/C17H17N3O2/c1-5-15(21)22-17-11(2)18-20(4)16(17)13-10-19(3)14-9-7-6-8-12(13)14/h5-10H,1H2,2-4H3. The second-order valence-corrected chi connectivity index (χ2v) is 5.18. The number of carbonyl (C=O) groups is 1. The van der Waals surface area contributed by atoms with Crippen molar-refractivity contribution in [2.45, 2.75) is 6.92 Å². The number of aromatic nitrogens is 3. The molecule has 0 bridgehead atoms. The Labute approximate surface area is 128 Å². The number of nitrogens with zero attached hydrogens (tertiary/aromatic N) is 3. The Morgan fingerprint density at radius 1 is 1.32 bits per heavy atom. The third kappa shape index (κ3) is 2.11. The van der Waals surface area contributed by atoms with Gasteiger partial charge in [-0.1, -0.05) is 24.8 Å². The summed E-state index contributed by atoms with van der Waals surface area (Å²) in [5, 5.41) is 5.47. The van der Waals surface area contributed by atoms with Gasteiger partial charge < -0.3 is 9.30 Å². The summed E-state index contributed by atoms with van der Waals surface area (Å²) in [6, 6.07) is 8.09. The molecule has 1 aromatic carbocycles. The number of para-hydroxylation sites is 1. The highest BCUT2D eigenvalue weighted by molar-refractivity contribution is 5.97. The SMILES string of the molecule is C=CC(=O)Oc1c(C)nn(C)c1-c1cn(C)c2ccccc12. The number of fused-ring (bicyclic) bond motifs is 1. The predicted molar refractivity (Wildman–Crippen MR) is 85.7 cm³/mol. The fourth-order valence-corrected chi connectivity index (χ4v) is 2.73. The van der Waals surface area contributed by atoms with Crippen molar-refractivity contribution in [3.63, 3.8) is 0 Å². The first kappa shape index (κ1) is 14.1. The lowest BCUT2D eigenvalue weighted by Gasteiger charge is -2.05. The molecule has 0 spiro atoms. The van der Waals surface area contributed by atoms with Crippen molar-refractivity contribution in [1.29, 1.82) is 0 Å². The summed E-state index contributed by atoms with van der Waals surface area (Å²) in [5.74, 6) is -0.0126. The van der Waals surface area contributed by atoms with E-state index in [1.165, 1.54) is 0 Å². The van der Waals surface area contributed by atoms with Crippen LogP contribution in [-0.4, -0.2) is 20.3 Å². The maximum absolute atomic E-state index is 11.6. The van der Waals surface area contributed by atoms with E-state index in [9.17, 15) is 4.79 Å². The van der Waals surface area contributed by atoms with Crippen molar-refractivity contribution in [3.05, 3.63) is 48.8 Å². The first-order valence-corrected chi connectivity index (χ1v) is 6.95. The summed E-state index contributed by atoms with van der Waals surface area (Å²) in [6.07, 6.45) is 3.17. The summed E-state index contributed by atoms with van der Waals surface area (Å²) in [7, 11) is 3.83. The third-order valence-electron chi connectivity index (χ3n) is 3.69. The predicted octanol–water partition coefficient (Wildman–Crippen LogP) is 2.98. The van der Waals surface area contributed by atoms with Gasteiger partial charge >= 0.3 is 5.97 Å². The van der Waals surface area contributed by atoms with Crippen LogP contribution in [0.5, 0.6) is 5.75 Å². The highest BCUT2D eigenvalue weighted by Gasteiger charge is 2.21. The molecule has 5 nitrogen and oxygen atoms in total. The molecule has 3 aromatic rings. The van der Waals surface area contributed by atoms with E-state index in [2.05, 4.69) is 17.7 Å². The van der Waals surface area contributed by atoms with Gasteiger partial charge in [0.15, 0.2) is 5.75 Å². The van der Waals surface area contributed by atoms with Crippen LogP contribution in [-0.2, 0) is 18.9 Å². The van der Waals surface area contributed by atoms with E-state index in [0.29, 0.717) is 11.4 Å². The van der Waals surface area contributed by atoms with Crippen molar-refractivity contribution in [2.75, 3.05) is 0 Å². The molecule has 0 saturated heterocycles. The average Bonchev–Trinajstić information content (AvgIpc) is 2.97. The monoisotopic (exact) mass is 295 g/mol. The Morgan fingerprint density at radius 3 is 2.77 bits per heavy atom. The zero-order valence-corrected chi connectivity index (χ0v) is 12.8. The number of carbonyl (C=O) groups excluding carboxylic acids is 1. The Morgan fingerprint density at radius 2 is 2.05 bits per heavy atom. The van der Waals surface area contributed by atoms with Crippen LogP contribution >= 0.6 is 0 Å². The van der Waals surface area contributed by atoms with Gasteiger partial charge in [-0.15, -0.1) is 0 Å². The lowest BCUT2D eigenvalue weighted by molar-refractivity contribution is -0.128. The number of hydrogen-bond donors (Lipinski definition) is 0. The van der Waals surface area contributed by atoms with Crippen molar-refractivity contribution < 1.29 is 9.53 Å². The first-order valence-electron chi connectivity index (χ1n) is 6.95. The van der Waals surface area contributed by atoms with Crippen molar-refractivity contribution >= 4 is 16.9 Å². The van der Waals surface area contributed by atoms with Crippen molar-refractivity contribution in [3.8, 4) is 17.0 Å². The molecule has 0 radical (unpaired) electrons. The van der Waals surface area contributed by atoms with E-state index in [4.69, 9.17) is 4.74 Å². The number of rotatable bonds is 3. The van der Waals surface area contributed by atoms with Crippen molar-refractivity contribution in [2.24, 2.45) is 14.1 Å². The fraction of sp³-hybridized carbons (Fsp3) is 0.176. The Hall–Kier alpha value is -2.82. The fourth-order valence-electron chi connectivity index (χ4n) is 2.73.